The van der Waals surface area contributed by atoms with Crippen LogP contribution in [0.2, 0.25) is 0 Å². The number of carbonyl (C=O) groups is 1. The summed E-state index contributed by atoms with van der Waals surface area (Å²) in [5, 5.41) is 0. The predicted molar refractivity (Wildman–Crippen MR) is 53.0 cm³/mol. The van der Waals surface area contributed by atoms with Gasteiger partial charge in [0.1, 0.15) is 0 Å². The first-order valence-electron chi connectivity index (χ1n) is 5.03. The van der Waals surface area contributed by atoms with Gasteiger partial charge in [-0.3, -0.25) is 9.63 Å². The van der Waals surface area contributed by atoms with Crippen LogP contribution in [0.4, 0.5) is 0 Å². The lowest BCUT2D eigenvalue weighted by Gasteiger charge is -2.13. The number of hydrogen-bond acceptors (Lipinski definition) is 2. The monoisotopic (exact) mass is 187 g/mol. The van der Waals surface area contributed by atoms with Gasteiger partial charge in [-0.2, -0.15) is 0 Å². The maximum Gasteiger partial charge on any atom is 0.246 e. The van der Waals surface area contributed by atoms with Crippen molar-refractivity contribution in [3.05, 3.63) is 0 Å². The van der Waals surface area contributed by atoms with E-state index in [4.69, 9.17) is 4.84 Å². The molecule has 0 atom stereocenters. The third kappa shape index (κ3) is 5.64. The second-order valence-corrected chi connectivity index (χ2v) is 3.68. The zero-order valence-corrected chi connectivity index (χ0v) is 9.09. The number of hydrogen-bond donors (Lipinski definition) is 1. The van der Waals surface area contributed by atoms with E-state index >= 15 is 0 Å². The summed E-state index contributed by atoms with van der Waals surface area (Å²) < 4.78 is 0. The van der Waals surface area contributed by atoms with Crippen LogP contribution < -0.4 is 5.48 Å². The van der Waals surface area contributed by atoms with Crippen LogP contribution >= 0.6 is 0 Å². The van der Waals surface area contributed by atoms with Crippen molar-refractivity contribution in [1.82, 2.24) is 5.48 Å². The van der Waals surface area contributed by atoms with Crippen LogP contribution in [-0.4, -0.2) is 12.5 Å². The first-order valence-corrected chi connectivity index (χ1v) is 5.03. The van der Waals surface area contributed by atoms with Crippen LogP contribution in [0.15, 0.2) is 0 Å². The molecular weight excluding hydrogens is 166 g/mol. The second kappa shape index (κ2) is 6.89. The molecule has 0 aromatic rings. The molecule has 0 saturated heterocycles. The lowest BCUT2D eigenvalue weighted by molar-refractivity contribution is -0.138. The zero-order chi connectivity index (χ0) is 10.3. The van der Waals surface area contributed by atoms with E-state index in [-0.39, 0.29) is 11.8 Å². The molecule has 0 aliphatic heterocycles. The van der Waals surface area contributed by atoms with Crippen LogP contribution in [0.3, 0.4) is 0 Å². The van der Waals surface area contributed by atoms with Crippen molar-refractivity contribution in [3.63, 3.8) is 0 Å². The molecule has 1 N–H and O–H groups in total. The molecule has 13 heavy (non-hydrogen) atoms. The Balaban J connectivity index is 3.60. The smallest absolute Gasteiger partial charge is 0.246 e. The maximum atomic E-state index is 11.4. The molecule has 0 rings (SSSR count). The second-order valence-electron chi connectivity index (χ2n) is 3.68. The molecule has 0 aliphatic carbocycles. The molecule has 0 radical (unpaired) electrons. The Hall–Kier alpha value is -0.570. The molecule has 0 saturated carbocycles. The first-order chi connectivity index (χ1) is 6.11. The molecule has 3 heteroatoms. The van der Waals surface area contributed by atoms with Crippen molar-refractivity contribution in [1.29, 1.82) is 0 Å². The van der Waals surface area contributed by atoms with E-state index in [0.717, 1.165) is 12.8 Å². The van der Waals surface area contributed by atoms with Gasteiger partial charge in [0.2, 0.25) is 5.91 Å². The van der Waals surface area contributed by atoms with E-state index in [0.29, 0.717) is 12.5 Å². The molecular formula is C10H21NO2. The zero-order valence-electron chi connectivity index (χ0n) is 9.09. The van der Waals surface area contributed by atoms with Crippen molar-refractivity contribution in [3.8, 4) is 0 Å². The molecule has 0 heterocycles. The molecule has 3 nitrogen and oxygen atoms in total. The van der Waals surface area contributed by atoms with Gasteiger partial charge in [0, 0.05) is 5.92 Å². The minimum atomic E-state index is 0.00523. The van der Waals surface area contributed by atoms with Gasteiger partial charge in [0.15, 0.2) is 0 Å². The molecule has 78 valence electrons. The van der Waals surface area contributed by atoms with Gasteiger partial charge in [-0.25, -0.2) is 5.48 Å². The highest BCUT2D eigenvalue weighted by molar-refractivity contribution is 5.77. The Labute approximate surface area is 80.8 Å². The molecule has 0 unspecified atom stereocenters. The first kappa shape index (κ1) is 12.4. The van der Waals surface area contributed by atoms with E-state index in [1.807, 2.05) is 27.7 Å². The summed E-state index contributed by atoms with van der Waals surface area (Å²) in [6, 6.07) is 0. The van der Waals surface area contributed by atoms with Crippen molar-refractivity contribution < 1.29 is 9.63 Å². The molecule has 0 bridgehead atoms. The lowest BCUT2D eigenvalue weighted by atomic mass is 10.0. The van der Waals surface area contributed by atoms with Crippen LogP contribution in [0.25, 0.3) is 0 Å². The summed E-state index contributed by atoms with van der Waals surface area (Å²) in [7, 11) is 0. The van der Waals surface area contributed by atoms with Crippen LogP contribution in [0.5, 0.6) is 0 Å². The summed E-state index contributed by atoms with van der Waals surface area (Å²) in [5.74, 6) is 0.541. The minimum absolute atomic E-state index is 0.00523. The SMILES string of the molecule is CCC(CC)C(=O)NOCC(C)C. The fourth-order valence-electron chi connectivity index (χ4n) is 1.02. The molecule has 0 aromatic heterocycles. The summed E-state index contributed by atoms with van der Waals surface area (Å²) in [6.07, 6.45) is 1.74. The largest absolute Gasteiger partial charge is 0.273 e. The van der Waals surface area contributed by atoms with Gasteiger partial charge >= 0.3 is 0 Å². The molecule has 0 spiro atoms. The molecule has 0 aromatic carbocycles. The van der Waals surface area contributed by atoms with Crippen molar-refractivity contribution in [2.24, 2.45) is 11.8 Å². The maximum absolute atomic E-state index is 11.4. The van der Waals surface area contributed by atoms with Crippen LogP contribution in [0, 0.1) is 11.8 Å². The number of hydroxylamine groups is 1. The number of carbonyl (C=O) groups excluding carboxylic acids is 1. The standard InChI is InChI=1S/C10H21NO2/c1-5-9(6-2)10(12)11-13-7-8(3)4/h8-9H,5-7H2,1-4H3,(H,11,12). The number of amides is 1. The third-order valence-electron chi connectivity index (χ3n) is 1.95. The van der Waals surface area contributed by atoms with E-state index < -0.39 is 0 Å². The van der Waals surface area contributed by atoms with E-state index in [2.05, 4.69) is 5.48 Å². The molecule has 0 fully saturated rings. The topological polar surface area (TPSA) is 38.3 Å². The highest BCUT2D eigenvalue weighted by Gasteiger charge is 2.13. The Kier molecular flexibility index (Phi) is 6.59. The molecule has 0 aliphatic rings. The predicted octanol–water partition coefficient (Wildman–Crippen LogP) is 2.13. The van der Waals surface area contributed by atoms with Gasteiger partial charge in [-0.15, -0.1) is 0 Å². The van der Waals surface area contributed by atoms with Crippen molar-refractivity contribution in [2.45, 2.75) is 40.5 Å². The Morgan fingerprint density at radius 2 is 1.85 bits per heavy atom. The van der Waals surface area contributed by atoms with Crippen LogP contribution in [-0.2, 0) is 9.63 Å². The average Bonchev–Trinajstić information content (AvgIpc) is 2.05. The van der Waals surface area contributed by atoms with E-state index in [1.165, 1.54) is 0 Å². The fraction of sp³-hybridized carbons (Fsp3) is 0.900. The van der Waals surface area contributed by atoms with Gasteiger partial charge in [0.05, 0.1) is 6.61 Å². The third-order valence-corrected chi connectivity index (χ3v) is 1.95. The highest BCUT2D eigenvalue weighted by Crippen LogP contribution is 2.06. The van der Waals surface area contributed by atoms with Gasteiger partial charge < -0.3 is 0 Å². The normalized spacial score (nSPS) is 10.9. The highest BCUT2D eigenvalue weighted by atomic mass is 16.6. The quantitative estimate of drug-likeness (QED) is 0.647. The van der Waals surface area contributed by atoms with Gasteiger partial charge in [-0.1, -0.05) is 27.7 Å². The van der Waals surface area contributed by atoms with E-state index in [1.54, 1.807) is 0 Å². The van der Waals surface area contributed by atoms with Crippen molar-refractivity contribution in [2.75, 3.05) is 6.61 Å². The van der Waals surface area contributed by atoms with Gasteiger partial charge in [-0.05, 0) is 18.8 Å². The van der Waals surface area contributed by atoms with Crippen LogP contribution in [0.1, 0.15) is 40.5 Å². The van der Waals surface area contributed by atoms with Gasteiger partial charge in [0.25, 0.3) is 0 Å². The van der Waals surface area contributed by atoms with Crippen molar-refractivity contribution >= 4 is 5.91 Å². The Morgan fingerprint density at radius 1 is 1.31 bits per heavy atom. The Morgan fingerprint density at radius 3 is 2.23 bits per heavy atom. The molecule has 1 amide bonds. The summed E-state index contributed by atoms with van der Waals surface area (Å²) >= 11 is 0. The Bertz CT molecular complexity index is 142. The van der Waals surface area contributed by atoms with E-state index in [9.17, 15) is 4.79 Å². The lowest BCUT2D eigenvalue weighted by Crippen LogP contribution is -2.31. The number of rotatable bonds is 6. The summed E-state index contributed by atoms with van der Waals surface area (Å²) in [6.45, 7) is 8.69. The number of nitrogens with one attached hydrogen (secondary N) is 1. The summed E-state index contributed by atoms with van der Waals surface area (Å²) in [5.41, 5.74) is 2.48. The summed E-state index contributed by atoms with van der Waals surface area (Å²) in [4.78, 5) is 16.4. The average molecular weight is 187 g/mol. The minimum Gasteiger partial charge on any atom is -0.273 e. The fourth-order valence-corrected chi connectivity index (χ4v) is 1.02.